The molecule has 0 radical (unpaired) electrons. The van der Waals surface area contributed by atoms with Gasteiger partial charge in [-0.1, -0.05) is 11.6 Å². The van der Waals surface area contributed by atoms with Crippen LogP contribution in [0.15, 0.2) is 24.3 Å². The first-order valence-corrected chi connectivity index (χ1v) is 5.86. The average molecular weight is 265 g/mol. The van der Waals surface area contributed by atoms with Gasteiger partial charge in [0.05, 0.1) is 24.2 Å². The number of aromatic nitrogens is 1. The van der Waals surface area contributed by atoms with Crippen LogP contribution in [-0.4, -0.2) is 31.5 Å². The van der Waals surface area contributed by atoms with Crippen LogP contribution in [0, 0.1) is 0 Å². The Morgan fingerprint density at radius 1 is 1.39 bits per heavy atom. The molecule has 0 spiro atoms. The van der Waals surface area contributed by atoms with E-state index >= 15 is 0 Å². The summed E-state index contributed by atoms with van der Waals surface area (Å²) < 4.78 is 5.05. The number of nitrogens with zero attached hydrogens (tertiary/aromatic N) is 1. The summed E-state index contributed by atoms with van der Waals surface area (Å²) in [5.41, 5.74) is 1.21. The van der Waals surface area contributed by atoms with Gasteiger partial charge in [0, 0.05) is 17.0 Å². The van der Waals surface area contributed by atoms with Crippen molar-refractivity contribution in [3.8, 4) is 5.88 Å². The van der Waals surface area contributed by atoms with E-state index in [9.17, 15) is 4.79 Å². The molecule has 0 aliphatic rings. The maximum absolute atomic E-state index is 11.8. The predicted octanol–water partition coefficient (Wildman–Crippen LogP) is 2.30. The number of carbonyl (C=O) groups is 1. The standard InChI is InChI=1S/C13H13ClN2O2/c1-15-7-11(17)9-3-5-10-8(13(9)14)4-6-12(16-10)18-2/h3-6,15H,7H2,1-2H3. The van der Waals surface area contributed by atoms with Gasteiger partial charge in [-0.15, -0.1) is 0 Å². The molecule has 0 aliphatic carbocycles. The molecule has 0 saturated heterocycles. The topological polar surface area (TPSA) is 51.2 Å². The van der Waals surface area contributed by atoms with Crippen molar-refractivity contribution in [2.24, 2.45) is 0 Å². The van der Waals surface area contributed by atoms with Crippen molar-refractivity contribution in [2.45, 2.75) is 0 Å². The molecule has 1 aromatic carbocycles. The molecule has 4 nitrogen and oxygen atoms in total. The van der Waals surface area contributed by atoms with Gasteiger partial charge in [0.15, 0.2) is 5.78 Å². The predicted molar refractivity (Wildman–Crippen MR) is 71.6 cm³/mol. The molecule has 0 aliphatic heterocycles. The maximum Gasteiger partial charge on any atom is 0.213 e. The Morgan fingerprint density at radius 2 is 2.17 bits per heavy atom. The van der Waals surface area contributed by atoms with Gasteiger partial charge in [0.2, 0.25) is 5.88 Å². The highest BCUT2D eigenvalue weighted by Gasteiger charge is 2.13. The molecule has 18 heavy (non-hydrogen) atoms. The van der Waals surface area contributed by atoms with Gasteiger partial charge in [-0.2, -0.15) is 0 Å². The summed E-state index contributed by atoms with van der Waals surface area (Å²) >= 11 is 6.24. The van der Waals surface area contributed by atoms with E-state index in [2.05, 4.69) is 10.3 Å². The molecule has 0 fully saturated rings. The summed E-state index contributed by atoms with van der Waals surface area (Å²) in [5.74, 6) is 0.480. The van der Waals surface area contributed by atoms with Crippen LogP contribution < -0.4 is 10.1 Å². The number of pyridine rings is 1. The van der Waals surface area contributed by atoms with Crippen LogP contribution in [-0.2, 0) is 0 Å². The van der Waals surface area contributed by atoms with Crippen LogP contribution in [0.3, 0.4) is 0 Å². The number of ketones is 1. The highest BCUT2D eigenvalue weighted by Crippen LogP contribution is 2.28. The Labute approximate surface area is 110 Å². The minimum Gasteiger partial charge on any atom is -0.481 e. The molecule has 0 amide bonds. The number of carbonyl (C=O) groups excluding carboxylic acids is 1. The van der Waals surface area contributed by atoms with E-state index in [1.165, 1.54) is 0 Å². The number of ether oxygens (including phenoxy) is 1. The van der Waals surface area contributed by atoms with Crippen molar-refractivity contribution < 1.29 is 9.53 Å². The molecule has 0 unspecified atom stereocenters. The largest absolute Gasteiger partial charge is 0.481 e. The average Bonchev–Trinajstić information content (AvgIpc) is 2.38. The van der Waals surface area contributed by atoms with Crippen LogP contribution >= 0.6 is 11.6 Å². The number of hydrogen-bond acceptors (Lipinski definition) is 4. The molecular weight excluding hydrogens is 252 g/mol. The van der Waals surface area contributed by atoms with Gasteiger partial charge in [-0.25, -0.2) is 4.98 Å². The summed E-state index contributed by atoms with van der Waals surface area (Å²) in [6.45, 7) is 0.259. The van der Waals surface area contributed by atoms with E-state index in [0.717, 1.165) is 5.39 Å². The molecule has 1 N–H and O–H groups in total. The Balaban J connectivity index is 2.54. The number of hydrogen-bond donors (Lipinski definition) is 1. The van der Waals surface area contributed by atoms with Crippen molar-refractivity contribution in [3.05, 3.63) is 34.9 Å². The molecule has 0 atom stereocenters. The first kappa shape index (κ1) is 12.8. The summed E-state index contributed by atoms with van der Waals surface area (Å²) in [5, 5.41) is 4.00. The van der Waals surface area contributed by atoms with Gasteiger partial charge in [-0.05, 0) is 25.2 Å². The second-order valence-corrected chi connectivity index (χ2v) is 4.18. The number of methoxy groups -OCH3 is 1. The molecule has 5 heteroatoms. The Bertz CT molecular complexity index is 599. The number of Topliss-reactive ketones (excluding diaryl/α,β-unsaturated/α-hetero) is 1. The highest BCUT2D eigenvalue weighted by atomic mass is 35.5. The zero-order valence-corrected chi connectivity index (χ0v) is 10.9. The Hall–Kier alpha value is -1.65. The molecule has 0 saturated carbocycles. The smallest absolute Gasteiger partial charge is 0.213 e. The van der Waals surface area contributed by atoms with Crippen molar-refractivity contribution >= 4 is 28.3 Å². The lowest BCUT2D eigenvalue weighted by molar-refractivity contribution is 0.0994. The number of halogens is 1. The van der Waals surface area contributed by atoms with E-state index in [1.54, 1.807) is 38.4 Å². The third kappa shape index (κ3) is 2.30. The third-order valence-electron chi connectivity index (χ3n) is 2.63. The SMILES string of the molecule is CNCC(=O)c1ccc2nc(OC)ccc2c1Cl. The molecule has 2 aromatic rings. The zero-order chi connectivity index (χ0) is 13.1. The number of nitrogens with one attached hydrogen (secondary N) is 1. The summed E-state index contributed by atoms with van der Waals surface area (Å²) in [6.07, 6.45) is 0. The lowest BCUT2D eigenvalue weighted by Gasteiger charge is -2.07. The number of fused-ring (bicyclic) bond motifs is 1. The van der Waals surface area contributed by atoms with Gasteiger partial charge >= 0.3 is 0 Å². The van der Waals surface area contributed by atoms with Crippen molar-refractivity contribution in [1.29, 1.82) is 0 Å². The zero-order valence-electron chi connectivity index (χ0n) is 10.2. The Kier molecular flexibility index (Phi) is 3.79. The fourth-order valence-electron chi connectivity index (χ4n) is 1.73. The number of likely N-dealkylation sites (N-methyl/N-ethyl adjacent to an activating group) is 1. The molecule has 2 rings (SSSR count). The van der Waals surface area contributed by atoms with Crippen LogP contribution in [0.4, 0.5) is 0 Å². The van der Waals surface area contributed by atoms with Gasteiger partial charge in [0.25, 0.3) is 0 Å². The fraction of sp³-hybridized carbons (Fsp3) is 0.231. The van der Waals surface area contributed by atoms with Crippen molar-refractivity contribution in [3.63, 3.8) is 0 Å². The second-order valence-electron chi connectivity index (χ2n) is 3.80. The lowest BCUT2D eigenvalue weighted by atomic mass is 10.1. The van der Waals surface area contributed by atoms with Gasteiger partial charge in [-0.3, -0.25) is 4.79 Å². The number of rotatable bonds is 4. The summed E-state index contributed by atoms with van der Waals surface area (Å²) in [4.78, 5) is 16.1. The van der Waals surface area contributed by atoms with Crippen LogP contribution in [0.2, 0.25) is 5.02 Å². The molecular formula is C13H13ClN2O2. The van der Waals surface area contributed by atoms with Crippen LogP contribution in [0.1, 0.15) is 10.4 Å². The first-order valence-electron chi connectivity index (χ1n) is 5.48. The van der Waals surface area contributed by atoms with Gasteiger partial charge in [0.1, 0.15) is 0 Å². The molecule has 94 valence electrons. The summed E-state index contributed by atoms with van der Waals surface area (Å²) in [6, 6.07) is 6.99. The number of benzene rings is 1. The molecule has 1 heterocycles. The highest BCUT2D eigenvalue weighted by molar-refractivity contribution is 6.38. The Morgan fingerprint density at radius 3 is 2.83 bits per heavy atom. The van der Waals surface area contributed by atoms with E-state index in [4.69, 9.17) is 16.3 Å². The quantitative estimate of drug-likeness (QED) is 0.861. The first-order chi connectivity index (χ1) is 8.67. The van der Waals surface area contributed by atoms with Gasteiger partial charge < -0.3 is 10.1 Å². The third-order valence-corrected chi connectivity index (χ3v) is 3.03. The monoisotopic (exact) mass is 264 g/mol. The minimum atomic E-state index is -0.0415. The lowest BCUT2D eigenvalue weighted by Crippen LogP contribution is -2.18. The van der Waals surface area contributed by atoms with E-state index in [-0.39, 0.29) is 12.3 Å². The second kappa shape index (κ2) is 5.33. The van der Waals surface area contributed by atoms with Crippen LogP contribution in [0.5, 0.6) is 5.88 Å². The van der Waals surface area contributed by atoms with Crippen molar-refractivity contribution in [1.82, 2.24) is 10.3 Å². The normalized spacial score (nSPS) is 10.6. The maximum atomic E-state index is 11.8. The van der Waals surface area contributed by atoms with Crippen LogP contribution in [0.25, 0.3) is 10.9 Å². The van der Waals surface area contributed by atoms with Crippen molar-refractivity contribution in [2.75, 3.05) is 20.7 Å². The summed E-state index contributed by atoms with van der Waals surface area (Å²) in [7, 11) is 3.28. The minimum absolute atomic E-state index is 0.0415. The molecule has 0 bridgehead atoms. The van der Waals surface area contributed by atoms with E-state index < -0.39 is 0 Å². The fourth-order valence-corrected chi connectivity index (χ4v) is 2.06. The van der Waals surface area contributed by atoms with E-state index in [0.29, 0.717) is 22.0 Å². The van der Waals surface area contributed by atoms with E-state index in [1.807, 2.05) is 0 Å². The molecule has 1 aromatic heterocycles.